The zero-order valence-electron chi connectivity index (χ0n) is 8.56. The van der Waals surface area contributed by atoms with Gasteiger partial charge in [0, 0.05) is 16.8 Å². The lowest BCUT2D eigenvalue weighted by Crippen LogP contribution is -1.93. The van der Waals surface area contributed by atoms with E-state index < -0.39 is 0 Å². The van der Waals surface area contributed by atoms with Gasteiger partial charge in [0.05, 0.1) is 6.61 Å². The van der Waals surface area contributed by atoms with E-state index >= 15 is 0 Å². The number of halogens is 2. The first-order valence-electron chi connectivity index (χ1n) is 5.31. The first kappa shape index (κ1) is 11.3. The van der Waals surface area contributed by atoms with Crippen LogP contribution in [0.2, 0.25) is 0 Å². The summed E-state index contributed by atoms with van der Waals surface area (Å²) in [5, 5.41) is 0. The maximum absolute atomic E-state index is 5.68. The first-order chi connectivity index (χ1) is 7.31. The van der Waals surface area contributed by atoms with Crippen molar-refractivity contribution in [1.29, 1.82) is 0 Å². The Bertz CT molecular complexity index is 352. The van der Waals surface area contributed by atoms with Gasteiger partial charge in [-0.05, 0) is 42.5 Å². The van der Waals surface area contributed by atoms with Crippen LogP contribution in [0.5, 0.6) is 5.75 Å². The van der Waals surface area contributed by atoms with Crippen molar-refractivity contribution in [2.24, 2.45) is 0 Å². The van der Waals surface area contributed by atoms with Gasteiger partial charge in [0.1, 0.15) is 5.75 Å². The third kappa shape index (κ3) is 2.67. The Labute approximate surface area is 104 Å². The van der Waals surface area contributed by atoms with Crippen molar-refractivity contribution < 1.29 is 4.74 Å². The minimum absolute atomic E-state index is 0.747. The quantitative estimate of drug-likeness (QED) is 0.602. The Morgan fingerprint density at radius 3 is 3.00 bits per heavy atom. The van der Waals surface area contributed by atoms with Gasteiger partial charge in [0.2, 0.25) is 0 Å². The molecule has 0 N–H and O–H groups in total. The molecular weight excluding hydrogens is 275 g/mol. The van der Waals surface area contributed by atoms with Gasteiger partial charge in [-0.25, -0.2) is 0 Å². The van der Waals surface area contributed by atoms with Crippen molar-refractivity contribution in [2.45, 2.75) is 25.7 Å². The fraction of sp³-hybridized carbons (Fsp3) is 0.500. The van der Waals surface area contributed by atoms with Crippen LogP contribution in [0.1, 0.15) is 24.0 Å². The van der Waals surface area contributed by atoms with Crippen molar-refractivity contribution in [3.63, 3.8) is 0 Å². The average Bonchev–Trinajstić information content (AvgIpc) is 2.65. The van der Waals surface area contributed by atoms with Crippen molar-refractivity contribution in [1.82, 2.24) is 0 Å². The monoisotopic (exact) mass is 288 g/mol. The molecule has 0 aromatic heterocycles. The number of ether oxygens (including phenoxy) is 1. The Kier molecular flexibility index (Phi) is 3.92. The van der Waals surface area contributed by atoms with Crippen LogP contribution in [0.15, 0.2) is 16.6 Å². The highest BCUT2D eigenvalue weighted by atomic mass is 79.9. The van der Waals surface area contributed by atoms with Gasteiger partial charge in [-0.2, -0.15) is 0 Å². The fourth-order valence-electron chi connectivity index (χ4n) is 1.94. The van der Waals surface area contributed by atoms with Crippen molar-refractivity contribution >= 4 is 27.5 Å². The number of hydrogen-bond donors (Lipinski definition) is 0. The van der Waals surface area contributed by atoms with E-state index in [4.69, 9.17) is 16.3 Å². The topological polar surface area (TPSA) is 9.23 Å². The molecule has 0 bridgehead atoms. The Morgan fingerprint density at radius 1 is 1.33 bits per heavy atom. The molecule has 1 aliphatic heterocycles. The predicted octanol–water partition coefficient (Wildman–Crippen LogP) is 3.95. The van der Waals surface area contributed by atoms with E-state index in [1.807, 2.05) is 0 Å². The summed E-state index contributed by atoms with van der Waals surface area (Å²) in [6, 6.07) is 4.33. The van der Waals surface area contributed by atoms with Crippen LogP contribution in [-0.2, 0) is 12.8 Å². The van der Waals surface area contributed by atoms with Crippen LogP contribution in [0.25, 0.3) is 0 Å². The lowest BCUT2D eigenvalue weighted by atomic mass is 10.0. The number of fused-ring (bicyclic) bond motifs is 1. The number of unbranched alkanes of at least 4 members (excludes halogenated alkanes) is 1. The van der Waals surface area contributed by atoms with E-state index in [1.54, 1.807) is 0 Å². The summed E-state index contributed by atoms with van der Waals surface area (Å²) in [6.45, 7) is 0.828. The molecule has 1 aromatic rings. The standard InChI is InChI=1S/C12H14BrClO/c13-11-7-9(3-1-2-5-14)12-10(8-11)4-6-15-12/h7-8H,1-6H2. The van der Waals surface area contributed by atoms with Gasteiger partial charge in [0.25, 0.3) is 0 Å². The van der Waals surface area contributed by atoms with Crippen LogP contribution >= 0.6 is 27.5 Å². The molecule has 0 atom stereocenters. The summed E-state index contributed by atoms with van der Waals surface area (Å²) >= 11 is 9.22. The fourth-order valence-corrected chi connectivity index (χ4v) is 2.68. The molecule has 0 saturated carbocycles. The number of rotatable bonds is 4. The Balaban J connectivity index is 2.15. The van der Waals surface area contributed by atoms with Crippen molar-refractivity contribution in [3.8, 4) is 5.75 Å². The minimum Gasteiger partial charge on any atom is -0.493 e. The maximum Gasteiger partial charge on any atom is 0.125 e. The second-order valence-corrected chi connectivity index (χ2v) is 5.09. The molecule has 0 amide bonds. The highest BCUT2D eigenvalue weighted by Crippen LogP contribution is 2.33. The van der Waals surface area contributed by atoms with Crippen molar-refractivity contribution in [2.75, 3.05) is 12.5 Å². The SMILES string of the molecule is ClCCCCc1cc(Br)cc2c1OCC2. The third-order valence-corrected chi connectivity index (χ3v) is 3.38. The van der Waals surface area contributed by atoms with Gasteiger partial charge in [-0.3, -0.25) is 0 Å². The molecule has 0 radical (unpaired) electrons. The minimum atomic E-state index is 0.747. The lowest BCUT2D eigenvalue weighted by molar-refractivity contribution is 0.353. The summed E-state index contributed by atoms with van der Waals surface area (Å²) in [7, 11) is 0. The van der Waals surface area contributed by atoms with Gasteiger partial charge in [-0.15, -0.1) is 11.6 Å². The first-order valence-corrected chi connectivity index (χ1v) is 6.64. The van der Waals surface area contributed by atoms with Crippen LogP contribution in [-0.4, -0.2) is 12.5 Å². The predicted molar refractivity (Wildman–Crippen MR) is 67.0 cm³/mol. The summed E-state index contributed by atoms with van der Waals surface area (Å²) in [4.78, 5) is 0. The molecule has 82 valence electrons. The second kappa shape index (κ2) is 5.22. The zero-order valence-corrected chi connectivity index (χ0v) is 10.9. The van der Waals surface area contributed by atoms with Crippen LogP contribution in [0, 0.1) is 0 Å². The molecule has 1 aromatic carbocycles. The van der Waals surface area contributed by atoms with E-state index in [2.05, 4.69) is 28.1 Å². The lowest BCUT2D eigenvalue weighted by Gasteiger charge is -2.08. The third-order valence-electron chi connectivity index (χ3n) is 2.66. The zero-order chi connectivity index (χ0) is 10.7. The molecular formula is C12H14BrClO. The molecule has 0 spiro atoms. The van der Waals surface area contributed by atoms with E-state index in [1.165, 1.54) is 11.1 Å². The van der Waals surface area contributed by atoms with Gasteiger partial charge in [-0.1, -0.05) is 15.9 Å². The normalized spacial score (nSPS) is 13.7. The molecule has 0 unspecified atom stereocenters. The van der Waals surface area contributed by atoms with Crippen LogP contribution in [0.4, 0.5) is 0 Å². The van der Waals surface area contributed by atoms with E-state index in [9.17, 15) is 0 Å². The van der Waals surface area contributed by atoms with Crippen LogP contribution in [0.3, 0.4) is 0 Å². The molecule has 0 fully saturated rings. The Hall–Kier alpha value is -0.210. The van der Waals surface area contributed by atoms with E-state index in [-0.39, 0.29) is 0 Å². The van der Waals surface area contributed by atoms with E-state index in [0.717, 1.165) is 48.4 Å². The molecule has 15 heavy (non-hydrogen) atoms. The van der Waals surface area contributed by atoms with Gasteiger partial charge < -0.3 is 4.74 Å². The number of alkyl halides is 1. The van der Waals surface area contributed by atoms with Gasteiger partial charge in [0.15, 0.2) is 0 Å². The highest BCUT2D eigenvalue weighted by molar-refractivity contribution is 9.10. The van der Waals surface area contributed by atoms with Crippen LogP contribution < -0.4 is 4.74 Å². The molecule has 1 aliphatic rings. The molecule has 1 nitrogen and oxygen atoms in total. The molecule has 0 saturated heterocycles. The molecule has 3 heteroatoms. The van der Waals surface area contributed by atoms with Crippen molar-refractivity contribution in [3.05, 3.63) is 27.7 Å². The number of hydrogen-bond acceptors (Lipinski definition) is 1. The summed E-state index contributed by atoms with van der Waals surface area (Å²) in [5.41, 5.74) is 2.66. The smallest absolute Gasteiger partial charge is 0.125 e. The average molecular weight is 290 g/mol. The summed E-state index contributed by atoms with van der Waals surface area (Å²) in [6.07, 6.45) is 4.31. The maximum atomic E-state index is 5.68. The van der Waals surface area contributed by atoms with Gasteiger partial charge >= 0.3 is 0 Å². The summed E-state index contributed by atoms with van der Waals surface area (Å²) < 4.78 is 6.82. The van der Waals surface area contributed by atoms with E-state index in [0.29, 0.717) is 0 Å². The number of aryl methyl sites for hydroxylation is 1. The second-order valence-electron chi connectivity index (χ2n) is 3.80. The molecule has 2 rings (SSSR count). The number of benzene rings is 1. The highest BCUT2D eigenvalue weighted by Gasteiger charge is 2.16. The molecule has 1 heterocycles. The Morgan fingerprint density at radius 2 is 2.20 bits per heavy atom. The molecule has 0 aliphatic carbocycles. The summed E-state index contributed by atoms with van der Waals surface area (Å²) in [5.74, 6) is 1.87. The largest absolute Gasteiger partial charge is 0.493 e.